The highest BCUT2D eigenvalue weighted by molar-refractivity contribution is 9.10. The summed E-state index contributed by atoms with van der Waals surface area (Å²) in [5.74, 6) is 0. The van der Waals surface area contributed by atoms with Crippen LogP contribution in [0.5, 0.6) is 0 Å². The number of thiazole rings is 1. The van der Waals surface area contributed by atoms with E-state index in [1.165, 1.54) is 47.4 Å². The average Bonchev–Trinajstić information content (AvgIpc) is 2.89. The quantitative estimate of drug-likeness (QED) is 0.800. The summed E-state index contributed by atoms with van der Waals surface area (Å²) < 4.78 is 1.15. The monoisotopic (exact) mass is 364 g/mol. The summed E-state index contributed by atoms with van der Waals surface area (Å²) in [4.78, 5) is 6.44. The zero-order valence-electron chi connectivity index (χ0n) is 12.6. The second-order valence-electron chi connectivity index (χ2n) is 5.71. The molecule has 0 saturated carbocycles. The summed E-state index contributed by atoms with van der Waals surface area (Å²) in [6, 6.07) is 6.96. The standard InChI is InChI=1S/C17H21BrN2S/c1-3-9-19-14-5-4-6-15-16(14)20-17(21-15)12-8-7-11(2)10-13(12)18/h7-8,10,14,19H,3-6,9H2,1-2H3. The molecule has 0 bridgehead atoms. The van der Waals surface area contributed by atoms with E-state index in [1.54, 1.807) is 0 Å². The molecule has 112 valence electrons. The summed E-state index contributed by atoms with van der Waals surface area (Å²) in [6.45, 7) is 5.41. The van der Waals surface area contributed by atoms with Crippen LogP contribution in [0.2, 0.25) is 0 Å². The third kappa shape index (κ3) is 3.22. The topological polar surface area (TPSA) is 24.9 Å². The number of aryl methyl sites for hydroxylation is 2. The molecule has 1 unspecified atom stereocenters. The Morgan fingerprint density at radius 1 is 1.43 bits per heavy atom. The Kier molecular flexibility index (Phi) is 4.77. The van der Waals surface area contributed by atoms with Crippen molar-refractivity contribution in [3.8, 4) is 10.6 Å². The van der Waals surface area contributed by atoms with E-state index in [1.807, 2.05) is 11.3 Å². The lowest BCUT2D eigenvalue weighted by Gasteiger charge is -2.22. The van der Waals surface area contributed by atoms with Crippen molar-refractivity contribution < 1.29 is 0 Å². The molecule has 1 aliphatic carbocycles. The minimum atomic E-state index is 0.447. The molecule has 4 heteroatoms. The van der Waals surface area contributed by atoms with Gasteiger partial charge in [-0.15, -0.1) is 11.3 Å². The summed E-state index contributed by atoms with van der Waals surface area (Å²) in [6.07, 6.45) is 4.84. The normalized spacial score (nSPS) is 17.8. The van der Waals surface area contributed by atoms with Crippen LogP contribution in [-0.2, 0) is 6.42 Å². The Hall–Kier alpha value is -0.710. The zero-order chi connectivity index (χ0) is 14.8. The first-order chi connectivity index (χ1) is 10.2. The number of rotatable bonds is 4. The molecule has 3 rings (SSSR count). The molecular formula is C17H21BrN2S. The highest BCUT2D eigenvalue weighted by atomic mass is 79.9. The highest BCUT2D eigenvalue weighted by Crippen LogP contribution is 2.39. The number of aromatic nitrogens is 1. The Labute approximate surface area is 139 Å². The number of nitrogens with zero attached hydrogens (tertiary/aromatic N) is 1. The third-order valence-electron chi connectivity index (χ3n) is 3.95. The van der Waals surface area contributed by atoms with Gasteiger partial charge in [0.15, 0.2) is 0 Å². The molecule has 1 N–H and O–H groups in total. The smallest absolute Gasteiger partial charge is 0.125 e. The second kappa shape index (κ2) is 6.59. The summed E-state index contributed by atoms with van der Waals surface area (Å²) >= 11 is 5.55. The van der Waals surface area contributed by atoms with Crippen molar-refractivity contribution in [2.75, 3.05) is 6.54 Å². The van der Waals surface area contributed by atoms with Gasteiger partial charge < -0.3 is 5.32 Å². The number of nitrogens with one attached hydrogen (secondary N) is 1. The highest BCUT2D eigenvalue weighted by Gasteiger charge is 2.24. The van der Waals surface area contributed by atoms with Crippen molar-refractivity contribution in [3.05, 3.63) is 38.8 Å². The van der Waals surface area contributed by atoms with Crippen LogP contribution in [0.25, 0.3) is 10.6 Å². The van der Waals surface area contributed by atoms with E-state index in [0.717, 1.165) is 16.0 Å². The van der Waals surface area contributed by atoms with Crippen molar-refractivity contribution in [2.45, 2.75) is 45.6 Å². The molecule has 0 aliphatic heterocycles. The van der Waals surface area contributed by atoms with E-state index in [-0.39, 0.29) is 0 Å². The average molecular weight is 365 g/mol. The van der Waals surface area contributed by atoms with E-state index in [0.29, 0.717) is 6.04 Å². The van der Waals surface area contributed by atoms with Gasteiger partial charge in [0, 0.05) is 14.9 Å². The molecule has 21 heavy (non-hydrogen) atoms. The lowest BCUT2D eigenvalue weighted by molar-refractivity contribution is 0.454. The van der Waals surface area contributed by atoms with Gasteiger partial charge in [0.05, 0.1) is 11.7 Å². The minimum Gasteiger partial charge on any atom is -0.309 e. The maximum Gasteiger partial charge on any atom is 0.125 e. The van der Waals surface area contributed by atoms with Crippen molar-refractivity contribution in [3.63, 3.8) is 0 Å². The van der Waals surface area contributed by atoms with Gasteiger partial charge in [-0.1, -0.05) is 35.0 Å². The molecule has 1 aromatic heterocycles. The molecule has 1 atom stereocenters. The van der Waals surface area contributed by atoms with E-state index in [4.69, 9.17) is 4.98 Å². The molecule has 0 amide bonds. The molecule has 2 nitrogen and oxygen atoms in total. The van der Waals surface area contributed by atoms with Crippen LogP contribution in [0.3, 0.4) is 0 Å². The first-order valence-corrected chi connectivity index (χ1v) is 9.29. The van der Waals surface area contributed by atoms with Crippen LogP contribution in [0.4, 0.5) is 0 Å². The van der Waals surface area contributed by atoms with Gasteiger partial charge in [-0.05, 0) is 50.8 Å². The van der Waals surface area contributed by atoms with E-state index in [2.05, 4.69) is 53.3 Å². The maximum absolute atomic E-state index is 4.97. The lowest BCUT2D eigenvalue weighted by atomic mass is 9.97. The molecule has 0 spiro atoms. The predicted molar refractivity (Wildman–Crippen MR) is 94.0 cm³/mol. The minimum absolute atomic E-state index is 0.447. The van der Waals surface area contributed by atoms with Gasteiger partial charge in [-0.2, -0.15) is 0 Å². The molecule has 2 aromatic rings. The molecule has 1 heterocycles. The van der Waals surface area contributed by atoms with Crippen molar-refractivity contribution >= 4 is 27.3 Å². The number of hydrogen-bond donors (Lipinski definition) is 1. The first-order valence-electron chi connectivity index (χ1n) is 7.68. The maximum atomic E-state index is 4.97. The summed E-state index contributed by atoms with van der Waals surface area (Å²) in [5, 5.41) is 4.80. The van der Waals surface area contributed by atoms with E-state index < -0.39 is 0 Å². The van der Waals surface area contributed by atoms with Crippen LogP contribution in [0.1, 0.15) is 48.4 Å². The fourth-order valence-electron chi connectivity index (χ4n) is 2.84. The Bertz CT molecular complexity index is 636. The molecule has 1 aromatic carbocycles. The Morgan fingerprint density at radius 3 is 3.05 bits per heavy atom. The van der Waals surface area contributed by atoms with Gasteiger partial charge in [-0.3, -0.25) is 0 Å². The molecule has 1 aliphatic rings. The van der Waals surface area contributed by atoms with Crippen molar-refractivity contribution in [2.24, 2.45) is 0 Å². The largest absolute Gasteiger partial charge is 0.309 e. The predicted octanol–water partition coefficient (Wildman–Crippen LogP) is 5.26. The molecule has 0 fully saturated rings. The first kappa shape index (κ1) is 15.2. The Morgan fingerprint density at radius 2 is 2.29 bits per heavy atom. The number of fused-ring (bicyclic) bond motifs is 1. The zero-order valence-corrected chi connectivity index (χ0v) is 15.0. The molecule has 0 radical (unpaired) electrons. The van der Waals surface area contributed by atoms with Gasteiger partial charge in [0.25, 0.3) is 0 Å². The number of benzene rings is 1. The van der Waals surface area contributed by atoms with Crippen LogP contribution in [-0.4, -0.2) is 11.5 Å². The summed E-state index contributed by atoms with van der Waals surface area (Å²) in [7, 11) is 0. The number of halogens is 1. The fourth-order valence-corrected chi connectivity index (χ4v) is 4.86. The van der Waals surface area contributed by atoms with E-state index >= 15 is 0 Å². The van der Waals surface area contributed by atoms with Gasteiger partial charge in [0.1, 0.15) is 5.01 Å². The van der Waals surface area contributed by atoms with Gasteiger partial charge >= 0.3 is 0 Å². The van der Waals surface area contributed by atoms with Crippen LogP contribution in [0, 0.1) is 6.92 Å². The van der Waals surface area contributed by atoms with Crippen LogP contribution < -0.4 is 5.32 Å². The lowest BCUT2D eigenvalue weighted by Crippen LogP contribution is -2.25. The second-order valence-corrected chi connectivity index (χ2v) is 7.65. The van der Waals surface area contributed by atoms with Gasteiger partial charge in [0.2, 0.25) is 0 Å². The van der Waals surface area contributed by atoms with Crippen molar-refractivity contribution in [1.29, 1.82) is 0 Å². The van der Waals surface area contributed by atoms with E-state index in [9.17, 15) is 0 Å². The summed E-state index contributed by atoms with van der Waals surface area (Å²) in [5.41, 5.74) is 3.78. The van der Waals surface area contributed by atoms with Crippen LogP contribution in [0.15, 0.2) is 22.7 Å². The third-order valence-corrected chi connectivity index (χ3v) is 5.77. The Balaban J connectivity index is 1.94. The molecular weight excluding hydrogens is 344 g/mol. The fraction of sp³-hybridized carbons (Fsp3) is 0.471. The number of hydrogen-bond acceptors (Lipinski definition) is 3. The van der Waals surface area contributed by atoms with Crippen molar-refractivity contribution in [1.82, 2.24) is 10.3 Å². The van der Waals surface area contributed by atoms with Gasteiger partial charge in [-0.25, -0.2) is 4.98 Å². The SMILES string of the molecule is CCCNC1CCCc2sc(-c3ccc(C)cc3Br)nc21. The van der Waals surface area contributed by atoms with Crippen LogP contribution >= 0.6 is 27.3 Å². The molecule has 0 saturated heterocycles.